The molecule has 0 aromatic heterocycles. The average molecular weight is 246 g/mol. The second-order valence-corrected chi connectivity index (χ2v) is 4.68. The highest BCUT2D eigenvalue weighted by molar-refractivity contribution is 6.19. The van der Waals surface area contributed by atoms with E-state index in [-0.39, 0.29) is 5.78 Å². The molecule has 2 aromatic rings. The summed E-state index contributed by atoms with van der Waals surface area (Å²) in [4.78, 5) is 12.5. The van der Waals surface area contributed by atoms with Crippen LogP contribution < -0.4 is 0 Å². The van der Waals surface area contributed by atoms with Crippen LogP contribution in [0.5, 0.6) is 0 Å². The molecule has 0 heterocycles. The van der Waals surface area contributed by atoms with Crippen molar-refractivity contribution < 1.29 is 4.79 Å². The Morgan fingerprint density at radius 1 is 0.895 bits per heavy atom. The van der Waals surface area contributed by atoms with Crippen LogP contribution in [0, 0.1) is 0 Å². The lowest BCUT2D eigenvalue weighted by Gasteiger charge is -2.22. The van der Waals surface area contributed by atoms with Crippen LogP contribution in [0.4, 0.5) is 0 Å². The Balaban J connectivity index is 2.43. The number of carbonyl (C=O) groups is 1. The van der Waals surface area contributed by atoms with Gasteiger partial charge in [-0.05, 0) is 29.2 Å². The number of rotatable bonds is 1. The van der Waals surface area contributed by atoms with Crippen LogP contribution in [0.25, 0.3) is 5.57 Å². The molecule has 0 fully saturated rings. The molecule has 0 radical (unpaired) electrons. The lowest BCUT2D eigenvalue weighted by molar-refractivity contribution is 0.103. The van der Waals surface area contributed by atoms with E-state index in [0.29, 0.717) is 0 Å². The smallest absolute Gasteiger partial charge is 0.194 e. The Hall–Kier alpha value is -2.41. The zero-order valence-electron chi connectivity index (χ0n) is 10.8. The summed E-state index contributed by atoms with van der Waals surface area (Å²) in [6, 6.07) is 15.6. The molecule has 0 aliphatic heterocycles. The molecule has 1 heteroatoms. The summed E-state index contributed by atoms with van der Waals surface area (Å²) in [6.45, 7) is 5.89. The van der Waals surface area contributed by atoms with Crippen molar-refractivity contribution in [2.75, 3.05) is 0 Å². The van der Waals surface area contributed by atoms with Crippen molar-refractivity contribution in [1.29, 1.82) is 0 Å². The van der Waals surface area contributed by atoms with Gasteiger partial charge in [0.2, 0.25) is 0 Å². The van der Waals surface area contributed by atoms with Gasteiger partial charge in [-0.15, -0.1) is 0 Å². The number of hydrogen-bond acceptors (Lipinski definition) is 1. The average Bonchev–Trinajstić information content (AvgIpc) is 2.47. The number of benzene rings is 2. The van der Waals surface area contributed by atoms with Crippen molar-refractivity contribution in [3.05, 3.63) is 89.0 Å². The molecule has 0 N–H and O–H groups in total. The summed E-state index contributed by atoms with van der Waals surface area (Å²) in [5.41, 5.74) is 5.76. The zero-order valence-corrected chi connectivity index (χ0v) is 10.8. The highest BCUT2D eigenvalue weighted by atomic mass is 16.1. The molecule has 0 unspecified atom stereocenters. The summed E-state index contributed by atoms with van der Waals surface area (Å²) >= 11 is 0. The molecular formula is C18H14O. The molecule has 0 spiro atoms. The van der Waals surface area contributed by atoms with Gasteiger partial charge in [0.25, 0.3) is 0 Å². The highest BCUT2D eigenvalue weighted by Gasteiger charge is 2.26. The Kier molecular flexibility index (Phi) is 2.68. The van der Waals surface area contributed by atoms with E-state index in [9.17, 15) is 4.79 Å². The minimum Gasteiger partial charge on any atom is -0.289 e. The predicted octanol–water partition coefficient (Wildman–Crippen LogP) is 4.24. The Morgan fingerprint density at radius 3 is 1.74 bits per heavy atom. The zero-order chi connectivity index (χ0) is 13.4. The van der Waals surface area contributed by atoms with Crippen LogP contribution in [0.1, 0.15) is 34.0 Å². The first-order chi connectivity index (χ1) is 9.24. The van der Waals surface area contributed by atoms with Crippen molar-refractivity contribution in [2.45, 2.75) is 6.92 Å². The molecule has 0 amide bonds. The van der Waals surface area contributed by atoms with E-state index in [2.05, 4.69) is 6.58 Å². The second-order valence-electron chi connectivity index (χ2n) is 4.68. The summed E-state index contributed by atoms with van der Waals surface area (Å²) in [5, 5.41) is 0. The maximum absolute atomic E-state index is 12.5. The first kappa shape index (κ1) is 11.7. The minimum atomic E-state index is 0.104. The SMILES string of the molecule is C=CC(C)=C1c2ccccc2C(=O)c2ccccc21. The van der Waals surface area contributed by atoms with Gasteiger partial charge in [-0.2, -0.15) is 0 Å². The lowest BCUT2D eigenvalue weighted by atomic mass is 9.79. The molecule has 2 aromatic carbocycles. The van der Waals surface area contributed by atoms with Gasteiger partial charge in [0.05, 0.1) is 0 Å². The normalized spacial score (nSPS) is 12.7. The van der Waals surface area contributed by atoms with Crippen molar-refractivity contribution in [3.8, 4) is 0 Å². The van der Waals surface area contributed by atoms with Gasteiger partial charge in [-0.25, -0.2) is 0 Å². The fraction of sp³-hybridized carbons (Fsp3) is 0.0556. The van der Waals surface area contributed by atoms with Crippen molar-refractivity contribution in [3.63, 3.8) is 0 Å². The number of allylic oxidation sites excluding steroid dienone is 2. The second kappa shape index (κ2) is 4.36. The standard InChI is InChI=1S/C18H14O/c1-3-12(2)17-13-8-4-6-10-15(13)18(19)16-11-7-5-9-14(16)17/h3-11H,1H2,2H3. The number of fused-ring (bicyclic) bond motifs is 2. The van der Waals surface area contributed by atoms with Gasteiger partial charge < -0.3 is 0 Å². The van der Waals surface area contributed by atoms with E-state index in [4.69, 9.17) is 0 Å². The van der Waals surface area contributed by atoms with Gasteiger partial charge in [0.15, 0.2) is 5.78 Å². The van der Waals surface area contributed by atoms with Crippen LogP contribution in [-0.4, -0.2) is 5.78 Å². The molecule has 0 saturated carbocycles. The molecule has 1 aliphatic carbocycles. The third kappa shape index (κ3) is 1.66. The predicted molar refractivity (Wildman–Crippen MR) is 78.2 cm³/mol. The van der Waals surface area contributed by atoms with Gasteiger partial charge in [-0.1, -0.05) is 61.2 Å². The Bertz CT molecular complexity index is 668. The fourth-order valence-corrected chi connectivity index (χ4v) is 2.62. The summed E-state index contributed by atoms with van der Waals surface area (Å²) in [7, 11) is 0. The van der Waals surface area contributed by atoms with Gasteiger partial charge in [0.1, 0.15) is 0 Å². The van der Waals surface area contributed by atoms with E-state index < -0.39 is 0 Å². The molecule has 92 valence electrons. The van der Waals surface area contributed by atoms with Crippen molar-refractivity contribution >= 4 is 11.4 Å². The van der Waals surface area contributed by atoms with E-state index >= 15 is 0 Å². The van der Waals surface area contributed by atoms with Crippen LogP contribution in [0.3, 0.4) is 0 Å². The quantitative estimate of drug-likeness (QED) is 0.627. The topological polar surface area (TPSA) is 17.1 Å². The van der Waals surface area contributed by atoms with Crippen molar-refractivity contribution in [2.24, 2.45) is 0 Å². The molecule has 0 atom stereocenters. The lowest BCUT2D eigenvalue weighted by Crippen LogP contribution is -2.14. The maximum atomic E-state index is 12.5. The monoisotopic (exact) mass is 246 g/mol. The number of ketones is 1. The first-order valence-electron chi connectivity index (χ1n) is 6.31. The first-order valence-corrected chi connectivity index (χ1v) is 6.31. The Morgan fingerprint density at radius 2 is 1.32 bits per heavy atom. The molecule has 1 aliphatic rings. The van der Waals surface area contributed by atoms with E-state index in [1.165, 1.54) is 0 Å². The van der Waals surface area contributed by atoms with E-state index in [1.54, 1.807) is 0 Å². The third-order valence-corrected chi connectivity index (χ3v) is 3.58. The molecular weight excluding hydrogens is 232 g/mol. The van der Waals surface area contributed by atoms with Gasteiger partial charge in [0, 0.05) is 11.1 Å². The summed E-state index contributed by atoms with van der Waals surface area (Å²) in [6.07, 6.45) is 1.85. The highest BCUT2D eigenvalue weighted by Crippen LogP contribution is 2.37. The van der Waals surface area contributed by atoms with Crippen LogP contribution in [0.2, 0.25) is 0 Å². The minimum absolute atomic E-state index is 0.104. The van der Waals surface area contributed by atoms with Gasteiger partial charge >= 0.3 is 0 Å². The molecule has 0 bridgehead atoms. The fourth-order valence-electron chi connectivity index (χ4n) is 2.62. The largest absolute Gasteiger partial charge is 0.289 e. The van der Waals surface area contributed by atoms with Crippen molar-refractivity contribution in [1.82, 2.24) is 0 Å². The molecule has 19 heavy (non-hydrogen) atoms. The molecule has 0 saturated heterocycles. The van der Waals surface area contributed by atoms with Gasteiger partial charge in [-0.3, -0.25) is 4.79 Å². The van der Waals surface area contributed by atoms with E-state index in [0.717, 1.165) is 33.4 Å². The van der Waals surface area contributed by atoms with Crippen LogP contribution >= 0.6 is 0 Å². The summed E-state index contributed by atoms with van der Waals surface area (Å²) in [5.74, 6) is 0.104. The molecule has 3 rings (SSSR count). The number of carbonyl (C=O) groups excluding carboxylic acids is 1. The van der Waals surface area contributed by atoms with Crippen LogP contribution in [-0.2, 0) is 0 Å². The van der Waals surface area contributed by atoms with E-state index in [1.807, 2.05) is 61.5 Å². The number of hydrogen-bond donors (Lipinski definition) is 0. The molecule has 1 nitrogen and oxygen atoms in total. The Labute approximate surface area is 112 Å². The summed E-state index contributed by atoms with van der Waals surface area (Å²) < 4.78 is 0. The van der Waals surface area contributed by atoms with Crippen LogP contribution in [0.15, 0.2) is 66.8 Å². The maximum Gasteiger partial charge on any atom is 0.194 e. The third-order valence-electron chi connectivity index (χ3n) is 3.58.